The zero-order valence-corrected chi connectivity index (χ0v) is 16.1. The van der Waals surface area contributed by atoms with Gasteiger partial charge in [0.05, 0.1) is 37.9 Å². The van der Waals surface area contributed by atoms with Crippen molar-refractivity contribution in [2.24, 2.45) is 4.40 Å². The van der Waals surface area contributed by atoms with Crippen molar-refractivity contribution < 1.29 is 14.0 Å². The first-order valence-electron chi connectivity index (χ1n) is 7.80. The van der Waals surface area contributed by atoms with E-state index in [1.165, 1.54) is 0 Å². The minimum Gasteiger partial charge on any atom is -0.591 e. The largest absolute Gasteiger partial charge is 0.591 e. The second-order valence-electron chi connectivity index (χ2n) is 6.60. The second kappa shape index (κ2) is 6.99. The number of halogens is 1. The lowest BCUT2D eigenvalue weighted by molar-refractivity contribution is 0.147. The van der Waals surface area contributed by atoms with Gasteiger partial charge in [-0.3, -0.25) is 0 Å². The lowest BCUT2D eigenvalue weighted by Crippen LogP contribution is -2.29. The molecule has 0 amide bonds. The fourth-order valence-corrected chi connectivity index (χ4v) is 3.32. The molecule has 1 aromatic heterocycles. The van der Waals surface area contributed by atoms with Gasteiger partial charge in [-0.05, 0) is 32.9 Å². The molecular weight excluding hydrogens is 362 g/mol. The van der Waals surface area contributed by atoms with E-state index in [-0.39, 0.29) is 0 Å². The monoisotopic (exact) mass is 381 g/mol. The van der Waals surface area contributed by atoms with Gasteiger partial charge < -0.3 is 14.0 Å². The van der Waals surface area contributed by atoms with Gasteiger partial charge in [0.1, 0.15) is 32.6 Å². The lowest BCUT2D eigenvalue weighted by Gasteiger charge is -2.21. The van der Waals surface area contributed by atoms with Crippen molar-refractivity contribution in [3.8, 4) is 11.4 Å². The molecule has 0 aliphatic carbocycles. The number of hydrogen-bond donors (Lipinski definition) is 0. The molecule has 2 aromatic rings. The Balaban J connectivity index is 2.05. The fourth-order valence-electron chi connectivity index (χ4n) is 2.42. The van der Waals surface area contributed by atoms with E-state index in [9.17, 15) is 4.55 Å². The highest BCUT2D eigenvalue weighted by Crippen LogP contribution is 2.32. The quantitative estimate of drug-likeness (QED) is 0.764. The van der Waals surface area contributed by atoms with Crippen molar-refractivity contribution in [3.63, 3.8) is 0 Å². The molecule has 0 spiro atoms. The van der Waals surface area contributed by atoms with Crippen LogP contribution >= 0.6 is 11.6 Å². The zero-order chi connectivity index (χ0) is 18.2. The summed E-state index contributed by atoms with van der Waals surface area (Å²) in [6.07, 6.45) is 1.71. The number of benzene rings is 1. The topological polar surface area (TPSA) is 71.7 Å². The third-order valence-corrected chi connectivity index (χ3v) is 5.58. The van der Waals surface area contributed by atoms with Crippen LogP contribution < -0.4 is 4.74 Å². The maximum atomic E-state index is 12.4. The molecule has 8 heteroatoms. The third kappa shape index (κ3) is 3.55. The summed E-state index contributed by atoms with van der Waals surface area (Å²) < 4.78 is 28.9. The molecular formula is C17H20ClN3O3S. The number of nitrogens with zero attached hydrogens (tertiary/aromatic N) is 3. The fraction of sp³-hybridized carbons (Fsp3) is 0.412. The van der Waals surface area contributed by atoms with Crippen molar-refractivity contribution in [3.05, 3.63) is 40.7 Å². The maximum absolute atomic E-state index is 12.4. The van der Waals surface area contributed by atoms with Gasteiger partial charge in [0, 0.05) is 5.56 Å². The molecule has 1 aromatic carbocycles. The van der Waals surface area contributed by atoms with Gasteiger partial charge in [-0.15, -0.1) is 0 Å². The Kier molecular flexibility index (Phi) is 5.11. The predicted octanol–water partition coefficient (Wildman–Crippen LogP) is 3.32. The summed E-state index contributed by atoms with van der Waals surface area (Å²) in [6, 6.07) is 5.50. The molecule has 1 unspecified atom stereocenters. The standard InChI is InChI=1S/C17H20ClN3O3S/c1-17(2,3)25(22)20-12-9-24-10-14-11(12)8-19-21(14)13-6-5-7-15(23-4)16(13)18/h5-8H,9-10H2,1-4H3. The van der Waals surface area contributed by atoms with Crippen molar-refractivity contribution in [2.75, 3.05) is 13.7 Å². The molecule has 3 rings (SSSR count). The van der Waals surface area contributed by atoms with Gasteiger partial charge >= 0.3 is 0 Å². The van der Waals surface area contributed by atoms with Crippen molar-refractivity contribution in [2.45, 2.75) is 32.1 Å². The Morgan fingerprint density at radius 2 is 2.12 bits per heavy atom. The van der Waals surface area contributed by atoms with E-state index in [2.05, 4.69) is 9.50 Å². The number of aromatic nitrogens is 2. The highest BCUT2D eigenvalue weighted by Gasteiger charge is 2.30. The molecule has 0 saturated carbocycles. The van der Waals surface area contributed by atoms with Crippen LogP contribution in [0.2, 0.25) is 5.02 Å². The normalized spacial score (nSPS) is 17.4. The highest BCUT2D eigenvalue weighted by molar-refractivity contribution is 7.91. The molecule has 1 atom stereocenters. The number of methoxy groups -OCH3 is 1. The summed E-state index contributed by atoms with van der Waals surface area (Å²) in [5, 5.41) is 4.91. The summed E-state index contributed by atoms with van der Waals surface area (Å²) in [7, 11) is 1.57. The van der Waals surface area contributed by atoms with Crippen LogP contribution in [0.15, 0.2) is 28.8 Å². The maximum Gasteiger partial charge on any atom is 0.144 e. The number of fused-ring (bicyclic) bond motifs is 1. The molecule has 0 radical (unpaired) electrons. The first kappa shape index (κ1) is 18.3. The van der Waals surface area contributed by atoms with Gasteiger partial charge in [0.15, 0.2) is 0 Å². The van der Waals surface area contributed by atoms with Gasteiger partial charge in [0.2, 0.25) is 0 Å². The summed E-state index contributed by atoms with van der Waals surface area (Å²) in [4.78, 5) is 0. The molecule has 6 nitrogen and oxygen atoms in total. The highest BCUT2D eigenvalue weighted by atomic mass is 35.5. The van der Waals surface area contributed by atoms with Gasteiger partial charge in [-0.1, -0.05) is 22.1 Å². The Morgan fingerprint density at radius 3 is 2.80 bits per heavy atom. The van der Waals surface area contributed by atoms with Crippen LogP contribution in [0.1, 0.15) is 32.0 Å². The summed E-state index contributed by atoms with van der Waals surface area (Å²) in [5.41, 5.74) is 3.00. The molecule has 2 heterocycles. The Bertz CT molecular complexity index is 814. The predicted molar refractivity (Wildman–Crippen MR) is 99.2 cm³/mol. The van der Waals surface area contributed by atoms with Gasteiger partial charge in [-0.2, -0.15) is 5.10 Å². The van der Waals surface area contributed by atoms with Crippen molar-refractivity contribution in [1.29, 1.82) is 0 Å². The molecule has 134 valence electrons. The van der Waals surface area contributed by atoms with Crippen LogP contribution in [0.4, 0.5) is 0 Å². The molecule has 0 N–H and O–H groups in total. The van der Waals surface area contributed by atoms with E-state index >= 15 is 0 Å². The number of rotatable bonds is 3. The molecule has 1 aliphatic rings. The first-order valence-corrected chi connectivity index (χ1v) is 9.29. The minimum absolute atomic E-state index is 0.312. The van der Waals surface area contributed by atoms with Crippen LogP contribution in [0, 0.1) is 0 Å². The molecule has 0 fully saturated rings. The van der Waals surface area contributed by atoms with E-state index in [0.717, 1.165) is 11.3 Å². The van der Waals surface area contributed by atoms with Gasteiger partial charge in [0.25, 0.3) is 0 Å². The van der Waals surface area contributed by atoms with Crippen molar-refractivity contribution >= 4 is 28.7 Å². The zero-order valence-electron chi connectivity index (χ0n) is 14.6. The van der Waals surface area contributed by atoms with E-state index < -0.39 is 16.1 Å². The second-order valence-corrected chi connectivity index (χ2v) is 8.89. The van der Waals surface area contributed by atoms with Crippen LogP contribution in [-0.2, 0) is 22.7 Å². The summed E-state index contributed by atoms with van der Waals surface area (Å²) in [5.74, 6) is 0.572. The molecule has 0 bridgehead atoms. The van der Waals surface area contributed by atoms with Crippen LogP contribution in [0.25, 0.3) is 5.69 Å². The van der Waals surface area contributed by atoms with Crippen LogP contribution in [0.5, 0.6) is 5.75 Å². The smallest absolute Gasteiger partial charge is 0.144 e. The molecule has 25 heavy (non-hydrogen) atoms. The Labute approximate surface area is 155 Å². The number of hydrogen-bond acceptors (Lipinski definition) is 5. The van der Waals surface area contributed by atoms with Crippen molar-refractivity contribution in [1.82, 2.24) is 9.78 Å². The Hall–Kier alpha value is -1.54. The minimum atomic E-state index is -1.36. The SMILES string of the molecule is COc1cccc(-n2ncc3c2COCC3=N[S+]([O-])C(C)(C)C)c1Cl. The van der Waals surface area contributed by atoms with Gasteiger partial charge in [-0.25, -0.2) is 4.68 Å². The average molecular weight is 382 g/mol. The molecule has 1 aliphatic heterocycles. The van der Waals surface area contributed by atoms with Crippen LogP contribution in [0.3, 0.4) is 0 Å². The number of ether oxygens (including phenoxy) is 2. The Morgan fingerprint density at radius 1 is 1.36 bits per heavy atom. The summed E-state index contributed by atoms with van der Waals surface area (Å²) in [6.45, 7) is 6.35. The lowest BCUT2D eigenvalue weighted by atomic mass is 10.1. The van der Waals surface area contributed by atoms with E-state index in [1.54, 1.807) is 24.1 Å². The summed E-state index contributed by atoms with van der Waals surface area (Å²) >= 11 is 5.06. The molecule has 0 saturated heterocycles. The third-order valence-electron chi connectivity index (χ3n) is 3.77. The first-order chi connectivity index (χ1) is 11.8. The van der Waals surface area contributed by atoms with E-state index in [1.807, 2.05) is 32.9 Å². The van der Waals surface area contributed by atoms with E-state index in [4.69, 9.17) is 21.1 Å². The average Bonchev–Trinajstić information content (AvgIpc) is 2.99. The van der Waals surface area contributed by atoms with E-state index in [0.29, 0.717) is 35.4 Å². The van der Waals surface area contributed by atoms with Crippen LogP contribution in [-0.4, -0.2) is 38.5 Å².